The minimum atomic E-state index is 0.493. The van der Waals surface area contributed by atoms with E-state index in [1.54, 1.807) is 12.4 Å². The molecule has 4 nitrogen and oxygen atoms in total. The molecular formula is C12H19ClN4. The Kier molecular flexibility index (Phi) is 4.18. The van der Waals surface area contributed by atoms with Gasteiger partial charge in [-0.1, -0.05) is 18.5 Å². The highest BCUT2D eigenvalue weighted by Gasteiger charge is 2.23. The van der Waals surface area contributed by atoms with E-state index in [-0.39, 0.29) is 0 Å². The van der Waals surface area contributed by atoms with Crippen LogP contribution < -0.4 is 4.90 Å². The lowest BCUT2D eigenvalue weighted by atomic mass is 10.0. The topological polar surface area (TPSA) is 32.3 Å². The average Bonchev–Trinajstić information content (AvgIpc) is 2.39. The lowest BCUT2D eigenvalue weighted by Gasteiger charge is -2.36. The highest BCUT2D eigenvalue weighted by atomic mass is 35.5. The molecule has 0 bridgehead atoms. The normalized spacial score (nSPS) is 18.3. The quantitative estimate of drug-likeness (QED) is 0.827. The molecule has 1 aromatic heterocycles. The van der Waals surface area contributed by atoms with Crippen molar-refractivity contribution in [3.63, 3.8) is 0 Å². The fourth-order valence-electron chi connectivity index (χ4n) is 2.35. The van der Waals surface area contributed by atoms with Crippen molar-refractivity contribution in [1.29, 1.82) is 0 Å². The molecule has 0 aliphatic carbocycles. The van der Waals surface area contributed by atoms with Crippen molar-refractivity contribution >= 4 is 17.4 Å². The van der Waals surface area contributed by atoms with Gasteiger partial charge in [-0.25, -0.2) is 9.97 Å². The zero-order chi connectivity index (χ0) is 12.3. The minimum absolute atomic E-state index is 0.493. The van der Waals surface area contributed by atoms with Crippen LogP contribution in [0.15, 0.2) is 12.4 Å². The van der Waals surface area contributed by atoms with Crippen LogP contribution in [0.3, 0.4) is 0 Å². The fraction of sp³-hybridized carbons (Fsp3) is 0.667. The largest absolute Gasteiger partial charge is 0.354 e. The van der Waals surface area contributed by atoms with Gasteiger partial charge in [0.25, 0.3) is 0 Å². The second kappa shape index (κ2) is 5.65. The molecule has 0 radical (unpaired) electrons. The molecule has 1 aliphatic rings. The smallest absolute Gasteiger partial charge is 0.171 e. The molecule has 1 aromatic rings. The highest BCUT2D eigenvalue weighted by molar-refractivity contribution is 6.31. The first-order chi connectivity index (χ1) is 8.22. The number of nitrogens with zero attached hydrogens (tertiary/aromatic N) is 4. The first kappa shape index (κ1) is 12.6. The number of hydrogen-bond donors (Lipinski definition) is 0. The van der Waals surface area contributed by atoms with E-state index in [9.17, 15) is 0 Å². The van der Waals surface area contributed by atoms with E-state index in [0.29, 0.717) is 11.2 Å². The van der Waals surface area contributed by atoms with Gasteiger partial charge in [0.2, 0.25) is 0 Å². The van der Waals surface area contributed by atoms with E-state index in [2.05, 4.69) is 33.7 Å². The molecule has 1 fully saturated rings. The number of likely N-dealkylation sites (tertiary alicyclic amines) is 1. The molecular weight excluding hydrogens is 236 g/mol. The second-order valence-electron chi connectivity index (χ2n) is 4.45. The molecule has 0 unspecified atom stereocenters. The molecule has 0 N–H and O–H groups in total. The standard InChI is InChI=1S/C12H19ClN4/c1-3-17-8-4-10(5-9-17)16(2)12-11(13)14-6-7-15-12/h6-7,10H,3-5,8-9H2,1-2H3. The third-order valence-corrected chi connectivity index (χ3v) is 3.79. The van der Waals surface area contributed by atoms with Gasteiger partial charge in [-0.05, 0) is 19.4 Å². The van der Waals surface area contributed by atoms with Crippen LogP contribution in [0.5, 0.6) is 0 Å². The Labute approximate surface area is 108 Å². The molecule has 0 atom stereocenters. The Hall–Kier alpha value is -0.870. The zero-order valence-electron chi connectivity index (χ0n) is 10.4. The minimum Gasteiger partial charge on any atom is -0.354 e. The maximum Gasteiger partial charge on any atom is 0.171 e. The molecule has 2 rings (SSSR count). The summed E-state index contributed by atoms with van der Waals surface area (Å²) in [5, 5.41) is 0.493. The summed E-state index contributed by atoms with van der Waals surface area (Å²) >= 11 is 6.07. The monoisotopic (exact) mass is 254 g/mol. The van der Waals surface area contributed by atoms with Crippen LogP contribution in [0.2, 0.25) is 5.15 Å². The summed E-state index contributed by atoms with van der Waals surface area (Å²) in [6.45, 7) is 5.67. The van der Waals surface area contributed by atoms with Crippen molar-refractivity contribution in [3.05, 3.63) is 17.5 Å². The number of piperidine rings is 1. The lowest BCUT2D eigenvalue weighted by molar-refractivity contribution is 0.220. The third-order valence-electron chi connectivity index (χ3n) is 3.52. The lowest BCUT2D eigenvalue weighted by Crippen LogP contribution is -2.43. The van der Waals surface area contributed by atoms with Crippen LogP contribution in [0.25, 0.3) is 0 Å². The van der Waals surface area contributed by atoms with Crippen molar-refractivity contribution in [2.24, 2.45) is 0 Å². The van der Waals surface area contributed by atoms with Crippen LogP contribution in [-0.4, -0.2) is 47.6 Å². The van der Waals surface area contributed by atoms with Crippen LogP contribution >= 0.6 is 11.6 Å². The number of halogens is 1. The molecule has 0 saturated carbocycles. The van der Waals surface area contributed by atoms with Crippen LogP contribution in [0.1, 0.15) is 19.8 Å². The summed E-state index contributed by atoms with van der Waals surface area (Å²) in [6, 6.07) is 0.520. The molecule has 94 valence electrons. The summed E-state index contributed by atoms with van der Waals surface area (Å²) in [7, 11) is 2.06. The summed E-state index contributed by atoms with van der Waals surface area (Å²) in [6.07, 6.45) is 5.65. The fourth-order valence-corrected chi connectivity index (χ4v) is 2.58. The van der Waals surface area contributed by atoms with Gasteiger partial charge in [0.1, 0.15) is 0 Å². The van der Waals surface area contributed by atoms with Gasteiger partial charge in [-0.3, -0.25) is 0 Å². The molecule has 1 saturated heterocycles. The Bertz CT molecular complexity index is 363. The molecule has 17 heavy (non-hydrogen) atoms. The van der Waals surface area contributed by atoms with Crippen LogP contribution in [0, 0.1) is 0 Å². The van der Waals surface area contributed by atoms with E-state index >= 15 is 0 Å². The third kappa shape index (κ3) is 2.87. The number of aromatic nitrogens is 2. The van der Waals surface area contributed by atoms with Crippen molar-refractivity contribution in [2.45, 2.75) is 25.8 Å². The number of rotatable bonds is 3. The Morgan fingerprint density at radius 3 is 2.59 bits per heavy atom. The molecule has 0 aromatic carbocycles. The predicted molar refractivity (Wildman–Crippen MR) is 70.6 cm³/mol. The molecule has 0 spiro atoms. The highest BCUT2D eigenvalue weighted by Crippen LogP contribution is 2.24. The summed E-state index contributed by atoms with van der Waals surface area (Å²) in [5.74, 6) is 0.795. The molecule has 2 heterocycles. The first-order valence-electron chi connectivity index (χ1n) is 6.14. The van der Waals surface area contributed by atoms with Crippen molar-refractivity contribution in [2.75, 3.05) is 31.6 Å². The average molecular weight is 255 g/mol. The maximum atomic E-state index is 6.07. The first-order valence-corrected chi connectivity index (χ1v) is 6.52. The summed E-state index contributed by atoms with van der Waals surface area (Å²) in [4.78, 5) is 13.0. The Balaban J connectivity index is 2.02. The van der Waals surface area contributed by atoms with Gasteiger partial charge >= 0.3 is 0 Å². The Morgan fingerprint density at radius 1 is 1.35 bits per heavy atom. The SMILES string of the molecule is CCN1CCC(N(C)c2nccnc2Cl)CC1. The van der Waals surface area contributed by atoms with Gasteiger partial charge in [0.05, 0.1) is 0 Å². The van der Waals surface area contributed by atoms with Crippen molar-refractivity contribution < 1.29 is 0 Å². The zero-order valence-corrected chi connectivity index (χ0v) is 11.2. The second-order valence-corrected chi connectivity index (χ2v) is 4.81. The number of anilines is 1. The van der Waals surface area contributed by atoms with Gasteiger partial charge in [0.15, 0.2) is 11.0 Å². The van der Waals surface area contributed by atoms with Gasteiger partial charge in [-0.15, -0.1) is 0 Å². The van der Waals surface area contributed by atoms with Gasteiger partial charge in [0, 0.05) is 38.6 Å². The summed E-state index contributed by atoms with van der Waals surface area (Å²) in [5.41, 5.74) is 0. The van der Waals surface area contributed by atoms with Crippen LogP contribution in [0.4, 0.5) is 5.82 Å². The van der Waals surface area contributed by atoms with Crippen molar-refractivity contribution in [3.8, 4) is 0 Å². The van der Waals surface area contributed by atoms with E-state index in [1.807, 2.05) is 0 Å². The molecule has 5 heteroatoms. The van der Waals surface area contributed by atoms with E-state index in [4.69, 9.17) is 11.6 Å². The molecule has 1 aliphatic heterocycles. The van der Waals surface area contributed by atoms with Crippen LogP contribution in [-0.2, 0) is 0 Å². The van der Waals surface area contributed by atoms with Crippen molar-refractivity contribution in [1.82, 2.24) is 14.9 Å². The van der Waals surface area contributed by atoms with Gasteiger partial charge in [-0.2, -0.15) is 0 Å². The maximum absolute atomic E-state index is 6.07. The van der Waals surface area contributed by atoms with E-state index in [1.165, 1.54) is 0 Å². The molecule has 0 amide bonds. The Morgan fingerprint density at radius 2 is 2.00 bits per heavy atom. The van der Waals surface area contributed by atoms with E-state index in [0.717, 1.165) is 38.3 Å². The van der Waals surface area contributed by atoms with E-state index < -0.39 is 0 Å². The number of hydrogen-bond acceptors (Lipinski definition) is 4. The van der Waals surface area contributed by atoms with Gasteiger partial charge < -0.3 is 9.80 Å². The summed E-state index contributed by atoms with van der Waals surface area (Å²) < 4.78 is 0. The predicted octanol–water partition coefficient (Wildman–Crippen LogP) is 2.05.